The lowest BCUT2D eigenvalue weighted by Crippen LogP contribution is -2.40. The fourth-order valence-corrected chi connectivity index (χ4v) is 4.85. The number of hydroxylamine groups is 2. The second-order valence-corrected chi connectivity index (χ2v) is 9.18. The quantitative estimate of drug-likeness (QED) is 0.373. The number of fused-ring (bicyclic) bond motifs is 1. The van der Waals surface area contributed by atoms with E-state index in [1.165, 1.54) is 5.56 Å². The Balaban J connectivity index is 1.33. The summed E-state index contributed by atoms with van der Waals surface area (Å²) in [5, 5.41) is 5.65. The van der Waals surface area contributed by atoms with E-state index in [9.17, 15) is 9.59 Å². The van der Waals surface area contributed by atoms with E-state index in [0.717, 1.165) is 18.4 Å². The van der Waals surface area contributed by atoms with Crippen LogP contribution in [0.2, 0.25) is 5.02 Å². The molecule has 0 aliphatic carbocycles. The van der Waals surface area contributed by atoms with Gasteiger partial charge in [-0.2, -0.15) is 0 Å². The molecule has 2 N–H and O–H groups in total. The molecule has 1 atom stereocenters. The predicted octanol–water partition coefficient (Wildman–Crippen LogP) is 5.79. The van der Waals surface area contributed by atoms with Gasteiger partial charge in [0.1, 0.15) is 0 Å². The Bertz CT molecular complexity index is 1370. The molecule has 35 heavy (non-hydrogen) atoms. The molecule has 7 heteroatoms. The number of nitrogens with zero attached hydrogens (tertiary/aromatic N) is 1. The zero-order valence-electron chi connectivity index (χ0n) is 19.1. The number of aromatic nitrogens is 1. The van der Waals surface area contributed by atoms with E-state index in [2.05, 4.69) is 34.6 Å². The molecule has 4 aromatic rings. The monoisotopic (exact) mass is 487 g/mol. The summed E-state index contributed by atoms with van der Waals surface area (Å²) < 4.78 is 0. The predicted molar refractivity (Wildman–Crippen MR) is 137 cm³/mol. The van der Waals surface area contributed by atoms with E-state index in [4.69, 9.17) is 16.4 Å². The molecule has 6 nitrogen and oxygen atoms in total. The van der Waals surface area contributed by atoms with Gasteiger partial charge in [-0.15, -0.1) is 5.06 Å². The first-order valence-electron chi connectivity index (χ1n) is 11.7. The van der Waals surface area contributed by atoms with Gasteiger partial charge in [-0.25, -0.2) is 4.79 Å². The topological polar surface area (TPSA) is 74.4 Å². The summed E-state index contributed by atoms with van der Waals surface area (Å²) in [6, 6.07) is 24.2. The molecule has 5 rings (SSSR count). The number of hydrogen-bond donors (Lipinski definition) is 2. The van der Waals surface area contributed by atoms with Crippen LogP contribution in [0.3, 0.4) is 0 Å². The summed E-state index contributed by atoms with van der Waals surface area (Å²) in [6.07, 6.45) is 2.86. The van der Waals surface area contributed by atoms with Crippen molar-refractivity contribution in [1.29, 1.82) is 0 Å². The van der Waals surface area contributed by atoms with Crippen molar-refractivity contribution in [3.05, 3.63) is 117 Å². The van der Waals surface area contributed by atoms with Crippen LogP contribution in [0.15, 0.2) is 89.9 Å². The molecule has 178 valence electrons. The summed E-state index contributed by atoms with van der Waals surface area (Å²) in [5.41, 5.74) is 2.99. The Morgan fingerprint density at radius 3 is 2.40 bits per heavy atom. The molecular weight excluding hydrogens is 462 g/mol. The number of benzene rings is 3. The number of carbonyl (C=O) groups excluding carboxylic acids is 1. The molecule has 1 unspecified atom stereocenters. The van der Waals surface area contributed by atoms with Crippen LogP contribution in [0.5, 0.6) is 0 Å². The van der Waals surface area contributed by atoms with Gasteiger partial charge < -0.3 is 15.1 Å². The van der Waals surface area contributed by atoms with E-state index in [-0.39, 0.29) is 5.43 Å². The number of pyridine rings is 1. The van der Waals surface area contributed by atoms with Gasteiger partial charge in [-0.3, -0.25) is 4.79 Å². The first-order chi connectivity index (χ1) is 17.1. The van der Waals surface area contributed by atoms with Crippen LogP contribution in [0.25, 0.3) is 10.9 Å². The second kappa shape index (κ2) is 10.3. The van der Waals surface area contributed by atoms with Crippen molar-refractivity contribution in [1.82, 2.24) is 15.4 Å². The highest BCUT2D eigenvalue weighted by atomic mass is 35.5. The molecule has 1 amide bonds. The highest BCUT2D eigenvalue weighted by Gasteiger charge is 2.26. The third-order valence-electron chi connectivity index (χ3n) is 6.51. The van der Waals surface area contributed by atoms with Crippen molar-refractivity contribution in [3.8, 4) is 0 Å². The van der Waals surface area contributed by atoms with E-state index >= 15 is 0 Å². The third kappa shape index (κ3) is 5.24. The van der Waals surface area contributed by atoms with Gasteiger partial charge in [0.2, 0.25) is 0 Å². The van der Waals surface area contributed by atoms with Gasteiger partial charge in [-0.05, 0) is 48.1 Å². The number of halogens is 1. The maximum Gasteiger partial charge on any atom is 0.427 e. The minimum atomic E-state index is -0.672. The van der Waals surface area contributed by atoms with E-state index in [0.29, 0.717) is 40.5 Å². The largest absolute Gasteiger partial charge is 0.427 e. The summed E-state index contributed by atoms with van der Waals surface area (Å²) in [5.74, 6) is 0.459. The van der Waals surface area contributed by atoms with Gasteiger partial charge in [-0.1, -0.05) is 72.3 Å². The fourth-order valence-electron chi connectivity index (χ4n) is 4.68. The summed E-state index contributed by atoms with van der Waals surface area (Å²) in [7, 11) is 0. The van der Waals surface area contributed by atoms with Crippen LogP contribution in [0.4, 0.5) is 4.79 Å². The lowest BCUT2D eigenvalue weighted by molar-refractivity contribution is -0.114. The Kier molecular flexibility index (Phi) is 6.84. The number of carbonyl (C=O) groups is 1. The fraction of sp³-hybridized carbons (Fsp3) is 0.214. The van der Waals surface area contributed by atoms with Crippen LogP contribution in [-0.4, -0.2) is 29.2 Å². The Morgan fingerprint density at radius 2 is 1.69 bits per heavy atom. The number of nitrogens with one attached hydrogen (secondary N) is 2. The van der Waals surface area contributed by atoms with Crippen LogP contribution < -0.4 is 10.7 Å². The average molecular weight is 488 g/mol. The molecule has 1 saturated heterocycles. The van der Waals surface area contributed by atoms with Crippen molar-refractivity contribution in [2.45, 2.75) is 24.8 Å². The summed E-state index contributed by atoms with van der Waals surface area (Å²) >= 11 is 6.07. The van der Waals surface area contributed by atoms with Crippen LogP contribution in [0, 0.1) is 0 Å². The lowest BCUT2D eigenvalue weighted by atomic mass is 9.90. The standard InChI is InChI=1S/C28H26ClN3O3/c29-22-11-12-23-25(17-22)30-18-24(27(23)33)26(21-9-5-2-6-10-21)31-28(34)35-32-15-13-20(14-16-32)19-7-3-1-4-8-19/h1-12,17-18,20,26H,13-16H2,(H,30,33)(H,31,34). The first kappa shape index (κ1) is 23.1. The van der Waals surface area contributed by atoms with Crippen LogP contribution in [0.1, 0.15) is 41.5 Å². The first-order valence-corrected chi connectivity index (χ1v) is 12.1. The van der Waals surface area contributed by atoms with Crippen molar-refractivity contribution < 1.29 is 9.63 Å². The molecule has 1 aliphatic heterocycles. The molecule has 1 aromatic heterocycles. The molecule has 0 radical (unpaired) electrons. The number of aromatic amines is 1. The lowest BCUT2D eigenvalue weighted by Gasteiger charge is -2.31. The molecule has 1 fully saturated rings. The van der Waals surface area contributed by atoms with Crippen LogP contribution in [-0.2, 0) is 4.84 Å². The van der Waals surface area contributed by atoms with Crippen LogP contribution >= 0.6 is 11.6 Å². The average Bonchev–Trinajstić information content (AvgIpc) is 2.89. The van der Waals surface area contributed by atoms with Gasteiger partial charge >= 0.3 is 6.09 Å². The zero-order valence-corrected chi connectivity index (χ0v) is 19.9. The highest BCUT2D eigenvalue weighted by molar-refractivity contribution is 6.31. The minimum absolute atomic E-state index is 0.173. The molecule has 0 spiro atoms. The molecule has 0 bridgehead atoms. The number of H-pyrrole nitrogens is 1. The molecule has 1 aliphatic rings. The number of hydrogen-bond acceptors (Lipinski definition) is 4. The summed E-state index contributed by atoms with van der Waals surface area (Å²) in [6.45, 7) is 1.31. The van der Waals surface area contributed by atoms with E-state index in [1.807, 2.05) is 36.4 Å². The van der Waals surface area contributed by atoms with E-state index < -0.39 is 12.1 Å². The minimum Gasteiger partial charge on any atom is -0.361 e. The Hall–Kier alpha value is -3.61. The van der Waals surface area contributed by atoms with Gasteiger partial charge in [0.05, 0.1) is 11.6 Å². The third-order valence-corrected chi connectivity index (χ3v) is 6.75. The Labute approximate surface area is 208 Å². The number of amides is 1. The van der Waals surface area contributed by atoms with Gasteiger partial charge in [0.25, 0.3) is 0 Å². The maximum atomic E-state index is 13.3. The number of piperidine rings is 1. The van der Waals surface area contributed by atoms with Gasteiger partial charge in [0, 0.05) is 35.3 Å². The number of rotatable bonds is 5. The zero-order chi connectivity index (χ0) is 24.2. The normalized spacial score (nSPS) is 15.6. The molecule has 3 aromatic carbocycles. The van der Waals surface area contributed by atoms with Crippen molar-refractivity contribution in [2.24, 2.45) is 0 Å². The molecule has 2 heterocycles. The molecular formula is C28H26ClN3O3. The van der Waals surface area contributed by atoms with Crippen molar-refractivity contribution in [2.75, 3.05) is 13.1 Å². The van der Waals surface area contributed by atoms with Gasteiger partial charge in [0.15, 0.2) is 5.43 Å². The molecule has 0 saturated carbocycles. The maximum absolute atomic E-state index is 13.3. The van der Waals surface area contributed by atoms with Crippen molar-refractivity contribution >= 4 is 28.6 Å². The highest BCUT2D eigenvalue weighted by Crippen LogP contribution is 2.28. The SMILES string of the molecule is O=C(NC(c1ccccc1)c1c[nH]c2cc(Cl)ccc2c1=O)ON1CCC(c2ccccc2)CC1. The van der Waals surface area contributed by atoms with E-state index in [1.54, 1.807) is 29.5 Å². The summed E-state index contributed by atoms with van der Waals surface area (Å²) in [4.78, 5) is 35.1. The smallest absolute Gasteiger partial charge is 0.361 e. The second-order valence-electron chi connectivity index (χ2n) is 8.74. The Morgan fingerprint density at radius 1 is 1.00 bits per heavy atom. The van der Waals surface area contributed by atoms with Crippen molar-refractivity contribution in [3.63, 3.8) is 0 Å².